The van der Waals surface area contributed by atoms with Crippen molar-refractivity contribution >= 4 is 11.3 Å². The molecule has 0 amide bonds. The van der Waals surface area contributed by atoms with Crippen LogP contribution < -0.4 is 0 Å². The Hall–Kier alpha value is -1.17. The molecular weight excluding hydrogens is 318 g/mol. The third-order valence-corrected chi connectivity index (χ3v) is 6.14. The second kappa shape index (κ2) is 7.38. The highest BCUT2D eigenvalue weighted by Gasteiger charge is 2.29. The molecule has 1 aliphatic carbocycles. The Morgan fingerprint density at radius 3 is 2.96 bits per heavy atom. The first-order valence-corrected chi connectivity index (χ1v) is 10.0. The summed E-state index contributed by atoms with van der Waals surface area (Å²) >= 11 is 1.78. The fraction of sp³-hybridized carbons (Fsp3) is 0.632. The largest absolute Gasteiger partial charge is 0.384 e. The van der Waals surface area contributed by atoms with Gasteiger partial charge in [-0.2, -0.15) is 16.4 Å². The van der Waals surface area contributed by atoms with E-state index in [2.05, 4.69) is 32.6 Å². The molecule has 1 aliphatic heterocycles. The molecule has 5 heteroatoms. The topological polar surface area (TPSA) is 30.3 Å². The first-order chi connectivity index (χ1) is 11.8. The lowest BCUT2D eigenvalue weighted by Crippen LogP contribution is -2.34. The molecule has 0 bridgehead atoms. The third-order valence-electron chi connectivity index (χ3n) is 5.40. The number of aromatic nitrogens is 2. The Bertz CT molecular complexity index is 646. The first-order valence-electron chi connectivity index (χ1n) is 9.10. The van der Waals surface area contributed by atoms with Gasteiger partial charge >= 0.3 is 0 Å². The van der Waals surface area contributed by atoms with Crippen molar-refractivity contribution in [3.8, 4) is 0 Å². The van der Waals surface area contributed by atoms with E-state index in [0.29, 0.717) is 5.92 Å². The van der Waals surface area contributed by atoms with Crippen LogP contribution in [-0.4, -0.2) is 34.9 Å². The van der Waals surface area contributed by atoms with Gasteiger partial charge in [0.2, 0.25) is 0 Å². The molecule has 1 atom stereocenters. The fourth-order valence-corrected chi connectivity index (χ4v) is 4.95. The van der Waals surface area contributed by atoms with Crippen LogP contribution in [0.5, 0.6) is 0 Å². The van der Waals surface area contributed by atoms with E-state index in [1.54, 1.807) is 18.4 Å². The lowest BCUT2D eigenvalue weighted by Gasteiger charge is -2.31. The van der Waals surface area contributed by atoms with E-state index in [1.807, 2.05) is 0 Å². The minimum Gasteiger partial charge on any atom is -0.384 e. The number of thiophene rings is 1. The molecule has 2 aromatic rings. The third kappa shape index (κ3) is 3.58. The van der Waals surface area contributed by atoms with E-state index in [9.17, 15) is 0 Å². The maximum Gasteiger partial charge on any atom is 0.0736 e. The second-order valence-electron chi connectivity index (χ2n) is 7.37. The summed E-state index contributed by atoms with van der Waals surface area (Å²) in [7, 11) is 1.80. The van der Waals surface area contributed by atoms with E-state index >= 15 is 0 Å². The van der Waals surface area contributed by atoms with Crippen molar-refractivity contribution in [2.45, 2.75) is 51.2 Å². The Morgan fingerprint density at radius 1 is 1.33 bits per heavy atom. The van der Waals surface area contributed by atoms with Crippen LogP contribution in [0.3, 0.4) is 0 Å². The van der Waals surface area contributed by atoms with Crippen molar-refractivity contribution in [1.82, 2.24) is 14.7 Å². The van der Waals surface area contributed by atoms with E-state index in [1.165, 1.54) is 42.5 Å². The van der Waals surface area contributed by atoms with Gasteiger partial charge in [-0.1, -0.05) is 12.8 Å². The van der Waals surface area contributed by atoms with E-state index in [0.717, 1.165) is 38.7 Å². The summed E-state index contributed by atoms with van der Waals surface area (Å²) in [4.78, 5) is 2.54. The molecule has 24 heavy (non-hydrogen) atoms. The average molecular weight is 346 g/mol. The molecule has 1 fully saturated rings. The number of ether oxygens (including phenoxy) is 1. The highest BCUT2D eigenvalue weighted by atomic mass is 32.1. The highest BCUT2D eigenvalue weighted by molar-refractivity contribution is 7.07. The molecule has 0 unspecified atom stereocenters. The maximum atomic E-state index is 5.49. The van der Waals surface area contributed by atoms with Gasteiger partial charge in [0.05, 0.1) is 12.3 Å². The van der Waals surface area contributed by atoms with Crippen LogP contribution in [0.25, 0.3) is 0 Å². The summed E-state index contributed by atoms with van der Waals surface area (Å²) in [5, 5.41) is 9.38. The standard InChI is InChI=1S/C19H27N3OS/c1-23-13-18-11-21(8-16-6-7-24-14-16)10-17-12-22(20-19(17)18)9-15-4-2-3-5-15/h6-7,12,14-15,18H,2-5,8-11,13H2,1H3/t18-/m1/s1. The van der Waals surface area contributed by atoms with Gasteiger partial charge in [-0.25, -0.2) is 0 Å². The lowest BCUT2D eigenvalue weighted by atomic mass is 9.97. The molecular formula is C19H27N3OS. The summed E-state index contributed by atoms with van der Waals surface area (Å²) in [6.45, 7) is 4.93. The molecule has 0 saturated heterocycles. The van der Waals surface area contributed by atoms with Crippen molar-refractivity contribution in [3.05, 3.63) is 39.8 Å². The van der Waals surface area contributed by atoms with Gasteiger partial charge in [0.25, 0.3) is 0 Å². The van der Waals surface area contributed by atoms with E-state index in [-0.39, 0.29) is 0 Å². The summed E-state index contributed by atoms with van der Waals surface area (Å²) in [5.41, 5.74) is 4.09. The predicted octanol–water partition coefficient (Wildman–Crippen LogP) is 3.88. The van der Waals surface area contributed by atoms with Crippen LogP contribution in [0.2, 0.25) is 0 Å². The molecule has 0 spiro atoms. The SMILES string of the molecule is COC[C@H]1CN(Cc2ccsc2)Cc2cn(CC3CCCC3)nc21. The van der Waals surface area contributed by atoms with Crippen molar-refractivity contribution < 1.29 is 4.74 Å². The normalized spacial score (nSPS) is 22.1. The molecule has 0 N–H and O–H groups in total. The monoisotopic (exact) mass is 345 g/mol. The average Bonchev–Trinajstić information content (AvgIpc) is 3.29. The summed E-state index contributed by atoms with van der Waals surface area (Å²) < 4.78 is 7.71. The maximum absolute atomic E-state index is 5.49. The minimum atomic E-state index is 0.391. The Morgan fingerprint density at radius 2 is 2.21 bits per heavy atom. The Kier molecular flexibility index (Phi) is 5.01. The molecule has 4 rings (SSSR count). The summed E-state index contributed by atoms with van der Waals surface area (Å²) in [5.74, 6) is 1.22. The van der Waals surface area contributed by atoms with E-state index in [4.69, 9.17) is 9.84 Å². The number of rotatable bonds is 6. The van der Waals surface area contributed by atoms with Crippen LogP contribution >= 0.6 is 11.3 Å². The molecule has 0 aromatic carbocycles. The van der Waals surface area contributed by atoms with Gasteiger partial charge in [0, 0.05) is 51.0 Å². The number of hydrogen-bond donors (Lipinski definition) is 0. The zero-order valence-electron chi connectivity index (χ0n) is 14.5. The highest BCUT2D eigenvalue weighted by Crippen LogP contribution is 2.31. The quantitative estimate of drug-likeness (QED) is 0.796. The number of fused-ring (bicyclic) bond motifs is 1. The number of nitrogens with zero attached hydrogens (tertiary/aromatic N) is 3. The van der Waals surface area contributed by atoms with Crippen molar-refractivity contribution in [1.29, 1.82) is 0 Å². The predicted molar refractivity (Wildman–Crippen MR) is 97.2 cm³/mol. The second-order valence-corrected chi connectivity index (χ2v) is 8.15. The molecule has 130 valence electrons. The van der Waals surface area contributed by atoms with Crippen molar-refractivity contribution in [2.24, 2.45) is 5.92 Å². The zero-order valence-corrected chi connectivity index (χ0v) is 15.3. The molecule has 3 heterocycles. The van der Waals surface area contributed by atoms with Crippen molar-refractivity contribution in [2.75, 3.05) is 20.3 Å². The van der Waals surface area contributed by atoms with Crippen LogP contribution in [0.4, 0.5) is 0 Å². The first kappa shape index (κ1) is 16.3. The molecule has 1 saturated carbocycles. The summed E-state index contributed by atoms with van der Waals surface area (Å²) in [6.07, 6.45) is 7.83. The lowest BCUT2D eigenvalue weighted by molar-refractivity contribution is 0.134. The van der Waals surface area contributed by atoms with Gasteiger partial charge in [0.1, 0.15) is 0 Å². The molecule has 2 aromatic heterocycles. The van der Waals surface area contributed by atoms with Gasteiger partial charge in [-0.3, -0.25) is 9.58 Å². The number of hydrogen-bond acceptors (Lipinski definition) is 4. The van der Waals surface area contributed by atoms with E-state index < -0.39 is 0 Å². The van der Waals surface area contributed by atoms with Crippen LogP contribution in [0.15, 0.2) is 23.0 Å². The van der Waals surface area contributed by atoms with Crippen LogP contribution in [0.1, 0.15) is 48.4 Å². The van der Waals surface area contributed by atoms with Gasteiger partial charge < -0.3 is 4.74 Å². The van der Waals surface area contributed by atoms with Gasteiger partial charge in [0.15, 0.2) is 0 Å². The zero-order chi connectivity index (χ0) is 16.4. The smallest absolute Gasteiger partial charge is 0.0736 e. The molecule has 4 nitrogen and oxygen atoms in total. The number of methoxy groups -OCH3 is 1. The Labute approximate surface area is 148 Å². The van der Waals surface area contributed by atoms with Crippen LogP contribution in [0, 0.1) is 5.92 Å². The van der Waals surface area contributed by atoms with Crippen LogP contribution in [-0.2, 0) is 24.4 Å². The van der Waals surface area contributed by atoms with Gasteiger partial charge in [-0.15, -0.1) is 0 Å². The minimum absolute atomic E-state index is 0.391. The Balaban J connectivity index is 1.50. The van der Waals surface area contributed by atoms with Crippen molar-refractivity contribution in [3.63, 3.8) is 0 Å². The molecule has 0 radical (unpaired) electrons. The fourth-order valence-electron chi connectivity index (χ4n) is 4.29. The summed E-state index contributed by atoms with van der Waals surface area (Å²) in [6, 6.07) is 2.23. The molecule has 2 aliphatic rings. The van der Waals surface area contributed by atoms with Gasteiger partial charge in [-0.05, 0) is 41.1 Å².